The molecular formula is C30H19BrN4O2. The number of azo groups is 1. The molecule has 0 bridgehead atoms. The van der Waals surface area contributed by atoms with Gasteiger partial charge in [-0.05, 0) is 77.5 Å². The third kappa shape index (κ3) is 5.03. The summed E-state index contributed by atoms with van der Waals surface area (Å²) in [6.45, 7) is 0. The second-order valence-corrected chi connectivity index (χ2v) is 9.33. The highest BCUT2D eigenvalue weighted by atomic mass is 79.9. The summed E-state index contributed by atoms with van der Waals surface area (Å²) in [5.41, 5.74) is 4.85. The predicted molar refractivity (Wildman–Crippen MR) is 151 cm³/mol. The topological polar surface area (TPSA) is 83.3 Å². The van der Waals surface area contributed by atoms with Crippen LogP contribution < -0.4 is 0 Å². The average molecular weight is 547 g/mol. The molecule has 7 heteroatoms. The molecule has 37 heavy (non-hydrogen) atoms. The molecular weight excluding hydrogens is 528 g/mol. The second-order valence-electron chi connectivity index (χ2n) is 8.41. The van der Waals surface area contributed by atoms with Crippen LogP contribution in [-0.2, 0) is 0 Å². The molecule has 178 valence electrons. The summed E-state index contributed by atoms with van der Waals surface area (Å²) in [4.78, 5) is 9.21. The average Bonchev–Trinajstić information content (AvgIpc) is 3.35. The number of halogens is 1. The molecule has 0 atom stereocenters. The van der Waals surface area contributed by atoms with E-state index in [-0.39, 0.29) is 5.75 Å². The monoisotopic (exact) mass is 546 g/mol. The summed E-state index contributed by atoms with van der Waals surface area (Å²) in [5, 5.41) is 21.1. The molecule has 1 aromatic heterocycles. The highest BCUT2D eigenvalue weighted by Gasteiger charge is 2.10. The van der Waals surface area contributed by atoms with E-state index in [0.717, 1.165) is 21.1 Å². The van der Waals surface area contributed by atoms with Gasteiger partial charge in [0.2, 0.25) is 5.89 Å². The Labute approximate surface area is 220 Å². The lowest BCUT2D eigenvalue weighted by Gasteiger charge is -2.00. The van der Waals surface area contributed by atoms with Crippen LogP contribution in [0.3, 0.4) is 0 Å². The first-order valence-electron chi connectivity index (χ1n) is 11.5. The van der Waals surface area contributed by atoms with Crippen molar-refractivity contribution in [2.75, 3.05) is 0 Å². The molecule has 0 spiro atoms. The van der Waals surface area contributed by atoms with Gasteiger partial charge in [-0.25, -0.2) is 4.98 Å². The van der Waals surface area contributed by atoms with Gasteiger partial charge < -0.3 is 9.52 Å². The summed E-state index contributed by atoms with van der Waals surface area (Å²) < 4.78 is 6.92. The number of phenolic OH excluding ortho intramolecular Hbond substituents is 1. The fourth-order valence-corrected chi connectivity index (χ4v) is 4.33. The van der Waals surface area contributed by atoms with E-state index in [1.807, 2.05) is 60.7 Å². The van der Waals surface area contributed by atoms with E-state index in [9.17, 15) is 5.11 Å². The van der Waals surface area contributed by atoms with Gasteiger partial charge in [0.05, 0.1) is 17.1 Å². The molecule has 0 aliphatic carbocycles. The van der Waals surface area contributed by atoms with Crippen molar-refractivity contribution < 1.29 is 9.52 Å². The summed E-state index contributed by atoms with van der Waals surface area (Å²) in [7, 11) is 0. The van der Waals surface area contributed by atoms with Crippen LogP contribution in [0.25, 0.3) is 33.3 Å². The number of hydrogen-bond acceptors (Lipinski definition) is 6. The highest BCUT2D eigenvalue weighted by Crippen LogP contribution is 2.30. The maximum Gasteiger partial charge on any atom is 0.227 e. The van der Waals surface area contributed by atoms with Crippen molar-refractivity contribution in [1.82, 2.24) is 4.98 Å². The number of benzene rings is 5. The fourth-order valence-electron chi connectivity index (χ4n) is 3.95. The van der Waals surface area contributed by atoms with Gasteiger partial charge in [0, 0.05) is 21.8 Å². The van der Waals surface area contributed by atoms with Crippen LogP contribution in [0.2, 0.25) is 0 Å². The molecule has 6 aromatic rings. The van der Waals surface area contributed by atoms with E-state index >= 15 is 0 Å². The van der Waals surface area contributed by atoms with Crippen molar-refractivity contribution in [3.05, 3.63) is 113 Å². The Morgan fingerprint density at radius 1 is 0.730 bits per heavy atom. The zero-order valence-electron chi connectivity index (χ0n) is 19.4. The van der Waals surface area contributed by atoms with Crippen LogP contribution >= 0.6 is 15.9 Å². The van der Waals surface area contributed by atoms with E-state index in [1.165, 1.54) is 5.39 Å². The fraction of sp³-hybridized carbons (Fsp3) is 0. The molecule has 6 rings (SSSR count). The van der Waals surface area contributed by atoms with Crippen molar-refractivity contribution in [2.45, 2.75) is 0 Å². The predicted octanol–water partition coefficient (Wildman–Crippen LogP) is 9.28. The Morgan fingerprint density at radius 2 is 1.54 bits per heavy atom. The van der Waals surface area contributed by atoms with E-state index < -0.39 is 0 Å². The first-order valence-corrected chi connectivity index (χ1v) is 12.3. The Kier molecular flexibility index (Phi) is 6.04. The van der Waals surface area contributed by atoms with E-state index in [4.69, 9.17) is 4.42 Å². The van der Waals surface area contributed by atoms with Crippen molar-refractivity contribution >= 4 is 61.1 Å². The zero-order chi connectivity index (χ0) is 25.2. The lowest BCUT2D eigenvalue weighted by molar-refractivity contribution is 0.474. The molecule has 0 unspecified atom stereocenters. The molecule has 0 amide bonds. The molecule has 0 fully saturated rings. The zero-order valence-corrected chi connectivity index (χ0v) is 21.0. The van der Waals surface area contributed by atoms with E-state index in [1.54, 1.807) is 24.4 Å². The van der Waals surface area contributed by atoms with Gasteiger partial charge in [0.15, 0.2) is 5.58 Å². The Bertz CT molecular complexity index is 1820. The quantitative estimate of drug-likeness (QED) is 0.172. The number of oxazole rings is 1. The second kappa shape index (κ2) is 9.79. The van der Waals surface area contributed by atoms with Crippen molar-refractivity contribution in [1.29, 1.82) is 0 Å². The first kappa shape index (κ1) is 22.8. The first-order chi connectivity index (χ1) is 18.1. The van der Waals surface area contributed by atoms with Crippen LogP contribution in [0.1, 0.15) is 5.56 Å². The number of hydrogen-bond donors (Lipinski definition) is 1. The molecule has 0 saturated heterocycles. The molecule has 0 radical (unpaired) electrons. The summed E-state index contributed by atoms with van der Waals surface area (Å²) in [6.07, 6.45) is 1.60. The minimum absolute atomic E-state index is 0.103. The summed E-state index contributed by atoms with van der Waals surface area (Å²) >= 11 is 3.43. The molecule has 1 heterocycles. The SMILES string of the molecule is Oc1ccc(N=Nc2cccc(Br)c2)cc1C=Nc1ccc2oc(-c3ccc4ccccc4c3)nc2c1. The van der Waals surface area contributed by atoms with Gasteiger partial charge in [-0.2, -0.15) is 10.2 Å². The standard InChI is InChI=1S/C30H19BrN4O2/c31-23-6-3-7-25(16-23)34-35-26-10-12-28(36)22(15-26)18-32-24-11-13-29-27(17-24)33-30(37-29)21-9-8-19-4-1-2-5-20(19)14-21/h1-18,36H. The third-order valence-electron chi connectivity index (χ3n) is 5.82. The normalized spacial score (nSPS) is 11.8. The van der Waals surface area contributed by atoms with Gasteiger partial charge in [-0.15, -0.1) is 0 Å². The van der Waals surface area contributed by atoms with Gasteiger partial charge in [-0.3, -0.25) is 4.99 Å². The molecule has 1 N–H and O–H groups in total. The van der Waals surface area contributed by atoms with E-state index in [2.05, 4.69) is 60.4 Å². The van der Waals surface area contributed by atoms with Gasteiger partial charge >= 0.3 is 0 Å². The number of fused-ring (bicyclic) bond motifs is 2. The largest absolute Gasteiger partial charge is 0.507 e. The van der Waals surface area contributed by atoms with Crippen LogP contribution in [-0.4, -0.2) is 16.3 Å². The number of aromatic nitrogens is 1. The van der Waals surface area contributed by atoms with Crippen molar-refractivity contribution in [2.24, 2.45) is 15.2 Å². The maximum atomic E-state index is 10.3. The van der Waals surface area contributed by atoms with Crippen molar-refractivity contribution in [3.8, 4) is 17.2 Å². The summed E-state index contributed by atoms with van der Waals surface area (Å²) in [6, 6.07) is 32.4. The van der Waals surface area contributed by atoms with E-state index in [0.29, 0.717) is 33.9 Å². The van der Waals surface area contributed by atoms with Gasteiger partial charge in [0.1, 0.15) is 11.3 Å². The number of nitrogens with zero attached hydrogens (tertiary/aromatic N) is 4. The minimum atomic E-state index is 0.103. The van der Waals surface area contributed by atoms with Gasteiger partial charge in [0.25, 0.3) is 0 Å². The van der Waals surface area contributed by atoms with Crippen molar-refractivity contribution in [3.63, 3.8) is 0 Å². The molecule has 0 saturated carbocycles. The van der Waals surface area contributed by atoms with Crippen LogP contribution in [0.5, 0.6) is 5.75 Å². The summed E-state index contributed by atoms with van der Waals surface area (Å²) in [5.74, 6) is 0.661. The van der Waals surface area contributed by atoms with Crippen LogP contribution in [0.15, 0.2) is 127 Å². The Morgan fingerprint density at radius 3 is 2.41 bits per heavy atom. The Balaban J connectivity index is 1.25. The highest BCUT2D eigenvalue weighted by molar-refractivity contribution is 9.10. The number of aliphatic imine (C=N–C) groups is 1. The van der Waals surface area contributed by atoms with Crippen LogP contribution in [0.4, 0.5) is 17.1 Å². The lowest BCUT2D eigenvalue weighted by atomic mass is 10.1. The third-order valence-corrected chi connectivity index (χ3v) is 6.31. The Hall–Kier alpha value is -4.62. The lowest BCUT2D eigenvalue weighted by Crippen LogP contribution is -1.82. The molecule has 6 nitrogen and oxygen atoms in total. The molecule has 0 aliphatic rings. The number of phenols is 1. The van der Waals surface area contributed by atoms with Crippen LogP contribution in [0, 0.1) is 0 Å². The molecule has 5 aromatic carbocycles. The smallest absolute Gasteiger partial charge is 0.227 e. The maximum absolute atomic E-state index is 10.3. The number of rotatable bonds is 5. The van der Waals surface area contributed by atoms with Gasteiger partial charge in [-0.1, -0.05) is 52.3 Å². The molecule has 0 aliphatic heterocycles. The number of aromatic hydroxyl groups is 1. The minimum Gasteiger partial charge on any atom is -0.507 e.